The van der Waals surface area contributed by atoms with E-state index in [0.29, 0.717) is 12.8 Å². The van der Waals surface area contributed by atoms with Crippen molar-refractivity contribution in [1.29, 1.82) is 0 Å². The van der Waals surface area contributed by atoms with Crippen LogP contribution in [-0.4, -0.2) is 54.7 Å². The van der Waals surface area contributed by atoms with Gasteiger partial charge in [-0.3, -0.25) is 14.9 Å². The van der Waals surface area contributed by atoms with Crippen LogP contribution in [0, 0.1) is 0 Å². The van der Waals surface area contributed by atoms with Crippen LogP contribution in [0.25, 0.3) is 0 Å². The third kappa shape index (κ3) is 6.36. The number of carbonyl (C=O) groups excluding carboxylic acids is 3. The molecule has 19 heavy (non-hydrogen) atoms. The van der Waals surface area contributed by atoms with Crippen LogP contribution < -0.4 is 16.0 Å². The van der Waals surface area contributed by atoms with Gasteiger partial charge in [0.15, 0.2) is 0 Å². The molecule has 1 atom stereocenters. The van der Waals surface area contributed by atoms with Crippen molar-refractivity contribution in [3.05, 3.63) is 0 Å². The Labute approximate surface area is 108 Å². The molecule has 0 aromatic heterocycles. The first-order chi connectivity index (χ1) is 8.97. The Balaban J connectivity index is 2.11. The lowest BCUT2D eigenvalue weighted by Gasteiger charge is -2.11. The Kier molecular flexibility index (Phi) is 5.73. The molecule has 0 spiro atoms. The fourth-order valence-electron chi connectivity index (χ4n) is 1.48. The maximum absolute atomic E-state index is 11.3. The van der Waals surface area contributed by atoms with Crippen molar-refractivity contribution in [3.63, 3.8) is 0 Å². The number of urea groups is 1. The number of carboxylic acid groups (broad SMARTS) is 1. The average Bonchev–Trinajstić information content (AvgIpc) is 2.72. The molecule has 9 heteroatoms. The summed E-state index contributed by atoms with van der Waals surface area (Å²) < 4.78 is 4.50. The van der Waals surface area contributed by atoms with Gasteiger partial charge in [-0.15, -0.1) is 0 Å². The molecule has 1 unspecified atom stereocenters. The number of nitrogens with one attached hydrogen (secondary N) is 3. The summed E-state index contributed by atoms with van der Waals surface area (Å²) in [4.78, 5) is 43.4. The molecule has 0 aromatic carbocycles. The van der Waals surface area contributed by atoms with Crippen molar-refractivity contribution in [1.82, 2.24) is 16.0 Å². The first-order valence-corrected chi connectivity index (χ1v) is 5.64. The van der Waals surface area contributed by atoms with E-state index in [1.807, 2.05) is 5.32 Å². The summed E-state index contributed by atoms with van der Waals surface area (Å²) in [7, 11) is 0. The van der Waals surface area contributed by atoms with Crippen LogP contribution in [0.1, 0.15) is 12.8 Å². The van der Waals surface area contributed by atoms with Gasteiger partial charge in [-0.05, 0) is 6.42 Å². The summed E-state index contributed by atoms with van der Waals surface area (Å²) in [6.07, 6.45) is 1.06. The highest BCUT2D eigenvalue weighted by Gasteiger charge is 2.21. The molecule has 1 saturated heterocycles. The van der Waals surface area contributed by atoms with Crippen LogP contribution >= 0.6 is 0 Å². The largest absolute Gasteiger partial charge is 0.480 e. The molecule has 1 rings (SSSR count). The molecule has 1 heterocycles. The highest BCUT2D eigenvalue weighted by atomic mass is 16.5. The quantitative estimate of drug-likeness (QED) is 0.451. The highest BCUT2D eigenvalue weighted by Crippen LogP contribution is 2.04. The van der Waals surface area contributed by atoms with Gasteiger partial charge in [-0.25, -0.2) is 9.59 Å². The van der Waals surface area contributed by atoms with Crippen LogP contribution in [0.4, 0.5) is 4.79 Å². The molecular weight excluding hydrogens is 258 g/mol. The van der Waals surface area contributed by atoms with Crippen molar-refractivity contribution in [2.75, 3.05) is 19.8 Å². The summed E-state index contributed by atoms with van der Waals surface area (Å²) >= 11 is 0. The zero-order valence-electron chi connectivity index (χ0n) is 10.1. The van der Waals surface area contributed by atoms with Crippen molar-refractivity contribution >= 4 is 23.8 Å². The molecule has 0 aliphatic carbocycles. The summed E-state index contributed by atoms with van der Waals surface area (Å²) in [6.45, 7) is -0.899. The molecule has 106 valence electrons. The van der Waals surface area contributed by atoms with E-state index < -0.39 is 31.1 Å². The van der Waals surface area contributed by atoms with Crippen molar-refractivity contribution in [2.24, 2.45) is 0 Å². The van der Waals surface area contributed by atoms with E-state index >= 15 is 0 Å². The van der Waals surface area contributed by atoms with Gasteiger partial charge in [0.2, 0.25) is 5.91 Å². The van der Waals surface area contributed by atoms with Crippen molar-refractivity contribution < 1.29 is 29.0 Å². The predicted octanol–water partition coefficient (Wildman–Crippen LogP) is -1.81. The summed E-state index contributed by atoms with van der Waals surface area (Å²) in [5, 5.41) is 15.3. The van der Waals surface area contributed by atoms with Gasteiger partial charge in [-0.2, -0.15) is 0 Å². The molecule has 1 fully saturated rings. The fourth-order valence-corrected chi connectivity index (χ4v) is 1.48. The van der Waals surface area contributed by atoms with E-state index in [1.54, 1.807) is 0 Å². The van der Waals surface area contributed by atoms with Crippen LogP contribution in [0.5, 0.6) is 0 Å². The molecule has 1 aliphatic heterocycles. The Hall–Kier alpha value is -2.16. The van der Waals surface area contributed by atoms with Gasteiger partial charge in [0, 0.05) is 19.0 Å². The third-order valence-electron chi connectivity index (χ3n) is 2.31. The van der Waals surface area contributed by atoms with Gasteiger partial charge in [0.25, 0.3) is 5.91 Å². The highest BCUT2D eigenvalue weighted by molar-refractivity contribution is 5.95. The van der Waals surface area contributed by atoms with Crippen LogP contribution in [0.2, 0.25) is 0 Å². The minimum atomic E-state index is -1.20. The van der Waals surface area contributed by atoms with Gasteiger partial charge in [0.05, 0.1) is 0 Å². The van der Waals surface area contributed by atoms with Crippen LogP contribution in [0.15, 0.2) is 0 Å². The first-order valence-electron chi connectivity index (χ1n) is 5.64. The molecule has 9 nitrogen and oxygen atoms in total. The topological polar surface area (TPSA) is 134 Å². The number of hydrogen-bond acceptors (Lipinski definition) is 5. The number of aliphatic carboxylic acids is 1. The lowest BCUT2D eigenvalue weighted by molar-refractivity contribution is -0.143. The zero-order chi connectivity index (χ0) is 14.3. The number of imide groups is 1. The molecule has 1 aliphatic rings. The third-order valence-corrected chi connectivity index (χ3v) is 2.31. The minimum absolute atomic E-state index is 0.0645. The molecule has 0 aromatic rings. The van der Waals surface area contributed by atoms with Crippen LogP contribution in [-0.2, 0) is 19.1 Å². The summed E-state index contributed by atoms with van der Waals surface area (Å²) in [5.41, 5.74) is 0. The smallest absolute Gasteiger partial charge is 0.329 e. The molecular formula is C10H15N3O6. The molecule has 0 saturated carbocycles. The molecule has 4 N–H and O–H groups in total. The van der Waals surface area contributed by atoms with E-state index in [9.17, 15) is 19.2 Å². The van der Waals surface area contributed by atoms with Gasteiger partial charge in [-0.1, -0.05) is 0 Å². The van der Waals surface area contributed by atoms with Crippen molar-refractivity contribution in [2.45, 2.75) is 18.9 Å². The van der Waals surface area contributed by atoms with E-state index in [-0.39, 0.29) is 18.5 Å². The molecule has 0 bridgehead atoms. The Morgan fingerprint density at radius 1 is 1.37 bits per heavy atom. The number of amides is 4. The molecule has 4 amide bonds. The second kappa shape index (κ2) is 7.31. The van der Waals surface area contributed by atoms with Gasteiger partial charge < -0.3 is 20.5 Å². The standard InChI is InChI=1S/C10H15N3O6/c14-7-2-1-6(12-7)3-11-10(18)13-8(15)4-19-5-9(16)17/h6H,1-5H2,(H,12,14)(H,16,17)(H2,11,13,15,18). The van der Waals surface area contributed by atoms with E-state index in [1.165, 1.54) is 0 Å². The lowest BCUT2D eigenvalue weighted by Crippen LogP contribution is -2.45. The Morgan fingerprint density at radius 2 is 2.11 bits per heavy atom. The van der Waals surface area contributed by atoms with Crippen LogP contribution in [0.3, 0.4) is 0 Å². The lowest BCUT2D eigenvalue weighted by atomic mass is 10.2. The minimum Gasteiger partial charge on any atom is -0.480 e. The number of carbonyl (C=O) groups is 4. The van der Waals surface area contributed by atoms with E-state index in [4.69, 9.17) is 5.11 Å². The summed E-state index contributed by atoms with van der Waals surface area (Å²) in [6, 6.07) is -0.846. The number of rotatable bonds is 6. The molecule has 0 radical (unpaired) electrons. The number of ether oxygens (including phenoxy) is 1. The van der Waals surface area contributed by atoms with E-state index in [0.717, 1.165) is 0 Å². The van der Waals surface area contributed by atoms with E-state index in [2.05, 4.69) is 15.4 Å². The van der Waals surface area contributed by atoms with Gasteiger partial charge >= 0.3 is 12.0 Å². The Bertz CT molecular complexity index is 383. The SMILES string of the molecule is O=C(O)COCC(=O)NC(=O)NCC1CCC(=O)N1. The van der Waals surface area contributed by atoms with Crippen molar-refractivity contribution in [3.8, 4) is 0 Å². The second-order valence-corrected chi connectivity index (χ2v) is 3.95. The Morgan fingerprint density at radius 3 is 2.68 bits per heavy atom. The monoisotopic (exact) mass is 273 g/mol. The maximum Gasteiger partial charge on any atom is 0.329 e. The summed E-state index contributed by atoms with van der Waals surface area (Å²) in [5.74, 6) is -2.01. The maximum atomic E-state index is 11.3. The number of hydrogen-bond donors (Lipinski definition) is 4. The predicted molar refractivity (Wildman–Crippen MR) is 61.2 cm³/mol. The second-order valence-electron chi connectivity index (χ2n) is 3.95. The normalized spacial score (nSPS) is 17.7. The fraction of sp³-hybridized carbons (Fsp3) is 0.600. The first kappa shape index (κ1) is 14.9. The number of carboxylic acids is 1. The zero-order valence-corrected chi connectivity index (χ0v) is 10.1. The van der Waals surface area contributed by atoms with Gasteiger partial charge in [0.1, 0.15) is 13.2 Å². The average molecular weight is 273 g/mol.